The molecule has 1 aliphatic heterocycles. The number of halogens is 1. The van der Waals surface area contributed by atoms with E-state index < -0.39 is 10.0 Å². The smallest absolute Gasteiger partial charge is 0.283 e. The van der Waals surface area contributed by atoms with Crippen LogP contribution >= 0.6 is 11.6 Å². The fourth-order valence-electron chi connectivity index (χ4n) is 2.97. The zero-order chi connectivity index (χ0) is 17.0. The molecule has 0 spiro atoms. The number of imidazole rings is 1. The number of nitrogens with zero attached hydrogens (tertiary/aromatic N) is 3. The molecule has 23 heavy (non-hydrogen) atoms. The van der Waals surface area contributed by atoms with E-state index in [1.54, 1.807) is 35.3 Å². The molecule has 0 bridgehead atoms. The number of benzene rings is 1. The molecule has 0 unspecified atom stereocenters. The summed E-state index contributed by atoms with van der Waals surface area (Å²) in [6, 6.07) is 5.53. The first-order valence-electron chi connectivity index (χ1n) is 7.50. The van der Waals surface area contributed by atoms with Crippen molar-refractivity contribution in [3.8, 4) is 0 Å². The van der Waals surface area contributed by atoms with Gasteiger partial charge in [-0.15, -0.1) is 0 Å². The van der Waals surface area contributed by atoms with Crippen molar-refractivity contribution in [2.75, 3.05) is 10.8 Å². The molecule has 0 saturated heterocycles. The van der Waals surface area contributed by atoms with Gasteiger partial charge in [0.1, 0.15) is 0 Å². The molecule has 0 fully saturated rings. The molecule has 1 aromatic heterocycles. The number of fused-ring (bicyclic) bond motifs is 1. The van der Waals surface area contributed by atoms with Crippen LogP contribution in [0, 0.1) is 0 Å². The molecule has 1 aromatic carbocycles. The Labute approximate surface area is 141 Å². The zero-order valence-electron chi connectivity index (χ0n) is 13.6. The van der Waals surface area contributed by atoms with E-state index >= 15 is 0 Å². The minimum atomic E-state index is -3.71. The lowest BCUT2D eigenvalue weighted by atomic mass is 9.87. The zero-order valence-corrected chi connectivity index (χ0v) is 15.2. The maximum Gasteiger partial charge on any atom is 0.283 e. The summed E-state index contributed by atoms with van der Waals surface area (Å²) in [6.07, 6.45) is 3.13. The third-order valence-electron chi connectivity index (χ3n) is 4.20. The molecule has 0 amide bonds. The second-order valence-corrected chi connectivity index (χ2v) is 9.00. The van der Waals surface area contributed by atoms with Crippen LogP contribution in [0.25, 0.3) is 0 Å². The normalized spacial score (nSPS) is 16.9. The molecule has 0 aliphatic carbocycles. The van der Waals surface area contributed by atoms with Crippen LogP contribution in [0.4, 0.5) is 5.69 Å². The summed E-state index contributed by atoms with van der Waals surface area (Å²) in [5.41, 5.74) is 1.16. The molecular formula is C16H20ClN3O2S. The van der Waals surface area contributed by atoms with Crippen LogP contribution in [-0.2, 0) is 15.4 Å². The fourth-order valence-corrected chi connectivity index (χ4v) is 4.96. The summed E-state index contributed by atoms with van der Waals surface area (Å²) in [7, 11) is -3.71. The van der Waals surface area contributed by atoms with Crippen molar-refractivity contribution in [3.63, 3.8) is 0 Å². The molecule has 0 radical (unpaired) electrons. The van der Waals surface area contributed by atoms with Crippen LogP contribution < -0.4 is 4.31 Å². The van der Waals surface area contributed by atoms with Crippen molar-refractivity contribution < 1.29 is 8.42 Å². The van der Waals surface area contributed by atoms with Gasteiger partial charge >= 0.3 is 0 Å². The SMILES string of the molecule is CC(C)n1cnc(S(=O)(=O)N2CC(C)(C)c3c(Cl)cccc32)c1. The van der Waals surface area contributed by atoms with Gasteiger partial charge in [0.15, 0.2) is 5.03 Å². The van der Waals surface area contributed by atoms with Crippen LogP contribution in [0.15, 0.2) is 35.7 Å². The van der Waals surface area contributed by atoms with E-state index in [0.717, 1.165) is 5.56 Å². The molecule has 1 aliphatic rings. The van der Waals surface area contributed by atoms with Gasteiger partial charge in [0.2, 0.25) is 0 Å². The minimum absolute atomic E-state index is 0.0647. The van der Waals surface area contributed by atoms with Crippen LogP contribution in [0.2, 0.25) is 5.02 Å². The third kappa shape index (κ3) is 2.54. The summed E-state index contributed by atoms with van der Waals surface area (Å²) in [6.45, 7) is 8.31. The van der Waals surface area contributed by atoms with Crippen molar-refractivity contribution in [2.45, 2.75) is 44.2 Å². The van der Waals surface area contributed by atoms with Gasteiger partial charge in [-0.1, -0.05) is 31.5 Å². The Bertz CT molecular complexity index is 856. The number of hydrogen-bond acceptors (Lipinski definition) is 3. The quantitative estimate of drug-likeness (QED) is 0.847. The molecule has 2 heterocycles. The first kappa shape index (κ1) is 16.3. The molecule has 124 valence electrons. The number of hydrogen-bond donors (Lipinski definition) is 0. The third-order valence-corrected chi connectivity index (χ3v) is 6.16. The van der Waals surface area contributed by atoms with Crippen LogP contribution in [-0.4, -0.2) is 24.5 Å². The summed E-state index contributed by atoms with van der Waals surface area (Å²) in [4.78, 5) is 4.10. The largest absolute Gasteiger partial charge is 0.334 e. The average Bonchev–Trinajstić information content (AvgIpc) is 3.03. The molecule has 7 heteroatoms. The lowest BCUT2D eigenvalue weighted by Crippen LogP contribution is -2.34. The predicted molar refractivity (Wildman–Crippen MR) is 91.6 cm³/mol. The molecular weight excluding hydrogens is 334 g/mol. The second kappa shape index (κ2) is 5.24. The molecule has 0 N–H and O–H groups in total. The number of aromatic nitrogens is 2. The molecule has 5 nitrogen and oxygen atoms in total. The standard InChI is InChI=1S/C16H20ClN3O2S/c1-11(2)19-8-14(18-10-19)23(21,22)20-9-16(3,4)15-12(17)6-5-7-13(15)20/h5-8,10-11H,9H2,1-4H3. The van der Waals surface area contributed by atoms with Crippen molar-refractivity contribution in [1.29, 1.82) is 0 Å². The summed E-state index contributed by atoms with van der Waals surface area (Å²) < 4.78 is 29.3. The van der Waals surface area contributed by atoms with Crippen LogP contribution in [0.3, 0.4) is 0 Å². The highest BCUT2D eigenvalue weighted by atomic mass is 35.5. The van der Waals surface area contributed by atoms with Crippen molar-refractivity contribution >= 4 is 27.3 Å². The predicted octanol–water partition coefficient (Wildman–Crippen LogP) is 3.60. The average molecular weight is 354 g/mol. The Kier molecular flexibility index (Phi) is 3.72. The number of rotatable bonds is 3. The van der Waals surface area contributed by atoms with Gasteiger partial charge in [0.25, 0.3) is 10.0 Å². The highest BCUT2D eigenvalue weighted by molar-refractivity contribution is 7.92. The van der Waals surface area contributed by atoms with Crippen molar-refractivity contribution in [3.05, 3.63) is 41.3 Å². The van der Waals surface area contributed by atoms with E-state index in [1.807, 2.05) is 27.7 Å². The topological polar surface area (TPSA) is 55.2 Å². The van der Waals surface area contributed by atoms with Gasteiger partial charge in [-0.2, -0.15) is 8.42 Å². The molecule has 0 atom stereocenters. The van der Waals surface area contributed by atoms with E-state index in [2.05, 4.69) is 4.98 Å². The summed E-state index contributed by atoms with van der Waals surface area (Å²) >= 11 is 6.32. The summed E-state index contributed by atoms with van der Waals surface area (Å²) in [5, 5.41) is 0.660. The Morgan fingerprint density at radius 1 is 1.30 bits per heavy atom. The monoisotopic (exact) mass is 353 g/mol. The van der Waals surface area contributed by atoms with E-state index in [0.29, 0.717) is 17.3 Å². The second-order valence-electron chi connectivity index (χ2n) is 6.78. The van der Waals surface area contributed by atoms with E-state index in [1.165, 1.54) is 4.31 Å². The maximum atomic E-state index is 13.0. The van der Waals surface area contributed by atoms with Gasteiger partial charge in [-0.25, -0.2) is 4.98 Å². The first-order valence-corrected chi connectivity index (χ1v) is 9.31. The lowest BCUT2D eigenvalue weighted by molar-refractivity contribution is 0.553. The Morgan fingerprint density at radius 2 is 2.00 bits per heavy atom. The Hall–Kier alpha value is -1.53. The Balaban J connectivity index is 2.11. The van der Waals surface area contributed by atoms with Gasteiger partial charge in [-0.3, -0.25) is 4.31 Å². The maximum absolute atomic E-state index is 13.0. The Morgan fingerprint density at radius 3 is 2.61 bits per heavy atom. The van der Waals surface area contributed by atoms with Crippen LogP contribution in [0.1, 0.15) is 39.3 Å². The molecule has 0 saturated carbocycles. The van der Waals surface area contributed by atoms with E-state index in [-0.39, 0.29) is 16.5 Å². The van der Waals surface area contributed by atoms with Crippen molar-refractivity contribution in [1.82, 2.24) is 9.55 Å². The minimum Gasteiger partial charge on any atom is -0.334 e. The van der Waals surface area contributed by atoms with Gasteiger partial charge in [0.05, 0.1) is 12.0 Å². The van der Waals surface area contributed by atoms with E-state index in [4.69, 9.17) is 11.6 Å². The van der Waals surface area contributed by atoms with Gasteiger partial charge in [0, 0.05) is 34.8 Å². The fraction of sp³-hybridized carbons (Fsp3) is 0.438. The highest BCUT2D eigenvalue weighted by Crippen LogP contribution is 2.46. The molecule has 3 rings (SSSR count). The van der Waals surface area contributed by atoms with Crippen molar-refractivity contribution in [2.24, 2.45) is 0 Å². The molecule has 2 aromatic rings. The van der Waals surface area contributed by atoms with Crippen LogP contribution in [0.5, 0.6) is 0 Å². The first-order chi connectivity index (χ1) is 10.6. The van der Waals surface area contributed by atoms with Gasteiger partial charge in [-0.05, 0) is 26.0 Å². The van der Waals surface area contributed by atoms with Gasteiger partial charge < -0.3 is 4.57 Å². The number of sulfonamides is 1. The highest BCUT2D eigenvalue weighted by Gasteiger charge is 2.43. The number of anilines is 1. The lowest BCUT2D eigenvalue weighted by Gasteiger charge is -2.21. The van der Waals surface area contributed by atoms with E-state index in [9.17, 15) is 8.42 Å². The summed E-state index contributed by atoms with van der Waals surface area (Å²) in [5.74, 6) is 0.